The van der Waals surface area contributed by atoms with E-state index in [9.17, 15) is 4.79 Å². The third-order valence-electron chi connectivity index (χ3n) is 4.39. The monoisotopic (exact) mass is 340 g/mol. The summed E-state index contributed by atoms with van der Waals surface area (Å²) in [6, 6.07) is 5.52. The highest BCUT2D eigenvalue weighted by molar-refractivity contribution is 5.49. The highest BCUT2D eigenvalue weighted by Crippen LogP contribution is 2.22. The van der Waals surface area contributed by atoms with E-state index in [1.54, 1.807) is 6.26 Å². The largest absolute Gasteiger partial charge is 0.461 e. The van der Waals surface area contributed by atoms with Gasteiger partial charge in [0.1, 0.15) is 5.82 Å². The Kier molecular flexibility index (Phi) is 4.23. The van der Waals surface area contributed by atoms with E-state index < -0.39 is 0 Å². The van der Waals surface area contributed by atoms with Crippen molar-refractivity contribution in [3.63, 3.8) is 0 Å². The van der Waals surface area contributed by atoms with Gasteiger partial charge in [0.05, 0.1) is 23.2 Å². The Bertz CT molecular complexity index is 911. The molecule has 1 N–H and O–H groups in total. The van der Waals surface area contributed by atoms with Crippen molar-refractivity contribution in [1.82, 2.24) is 20.0 Å². The van der Waals surface area contributed by atoms with E-state index in [4.69, 9.17) is 8.94 Å². The topological polar surface area (TPSA) is 88.2 Å². The highest BCUT2D eigenvalue weighted by Gasteiger charge is 2.22. The smallest absolute Gasteiger partial charge is 0.255 e. The zero-order valence-electron chi connectivity index (χ0n) is 14.1. The first-order valence-electron chi connectivity index (χ1n) is 8.55. The molecule has 0 spiro atoms. The van der Waals surface area contributed by atoms with Gasteiger partial charge in [0.2, 0.25) is 5.76 Å². The molecule has 7 nitrogen and oxygen atoms in total. The van der Waals surface area contributed by atoms with Gasteiger partial charge in [-0.25, -0.2) is 4.98 Å². The van der Waals surface area contributed by atoms with Gasteiger partial charge in [0, 0.05) is 38.5 Å². The number of aromatic amines is 1. The molecule has 3 aromatic rings. The van der Waals surface area contributed by atoms with Crippen molar-refractivity contribution in [2.24, 2.45) is 0 Å². The Morgan fingerprint density at radius 3 is 3.08 bits per heavy atom. The fourth-order valence-electron chi connectivity index (χ4n) is 3.17. The third-order valence-corrected chi connectivity index (χ3v) is 4.39. The molecule has 4 rings (SSSR count). The molecule has 0 atom stereocenters. The first-order chi connectivity index (χ1) is 12.2. The number of furan rings is 1. The van der Waals surface area contributed by atoms with Crippen LogP contribution in [-0.4, -0.2) is 26.6 Å². The molecule has 0 fully saturated rings. The minimum absolute atomic E-state index is 0.0189. The number of fused-ring (bicyclic) bond motifs is 1. The van der Waals surface area contributed by atoms with Crippen molar-refractivity contribution < 1.29 is 8.94 Å². The molecule has 1 aliphatic heterocycles. The van der Waals surface area contributed by atoms with Crippen molar-refractivity contribution in [3.05, 3.63) is 57.6 Å². The number of nitrogens with zero attached hydrogens (tertiary/aromatic N) is 3. The second-order valence-electron chi connectivity index (χ2n) is 6.31. The van der Waals surface area contributed by atoms with E-state index >= 15 is 0 Å². The molecular weight excluding hydrogens is 320 g/mol. The molecule has 0 unspecified atom stereocenters. The van der Waals surface area contributed by atoms with E-state index in [2.05, 4.69) is 26.9 Å². The number of aryl methyl sites for hydroxylation is 1. The number of rotatable bonds is 5. The summed E-state index contributed by atoms with van der Waals surface area (Å²) in [6.45, 7) is 4.13. The van der Waals surface area contributed by atoms with Crippen LogP contribution in [-0.2, 0) is 25.9 Å². The maximum Gasteiger partial charge on any atom is 0.255 e. The molecule has 0 aromatic carbocycles. The van der Waals surface area contributed by atoms with Gasteiger partial charge in [-0.3, -0.25) is 9.69 Å². The average molecular weight is 340 g/mol. The van der Waals surface area contributed by atoms with Crippen LogP contribution in [0.1, 0.15) is 36.1 Å². The predicted octanol–water partition coefficient (Wildman–Crippen LogP) is 2.53. The normalized spacial score (nSPS) is 14.6. The van der Waals surface area contributed by atoms with Crippen LogP contribution in [0.2, 0.25) is 0 Å². The molecule has 130 valence electrons. The van der Waals surface area contributed by atoms with E-state index in [1.807, 2.05) is 18.2 Å². The molecule has 0 bridgehead atoms. The molecule has 3 aromatic heterocycles. The summed E-state index contributed by atoms with van der Waals surface area (Å²) in [5, 5.41) is 4.10. The van der Waals surface area contributed by atoms with Crippen molar-refractivity contribution in [1.29, 1.82) is 0 Å². The maximum atomic E-state index is 12.3. The molecule has 25 heavy (non-hydrogen) atoms. The number of H-pyrrole nitrogens is 1. The molecule has 0 radical (unpaired) electrons. The predicted molar refractivity (Wildman–Crippen MR) is 90.9 cm³/mol. The van der Waals surface area contributed by atoms with Crippen LogP contribution in [0.3, 0.4) is 0 Å². The van der Waals surface area contributed by atoms with Crippen LogP contribution in [0.5, 0.6) is 0 Å². The minimum Gasteiger partial charge on any atom is -0.461 e. The molecular formula is C18H20N4O3. The van der Waals surface area contributed by atoms with Crippen LogP contribution < -0.4 is 5.56 Å². The summed E-state index contributed by atoms with van der Waals surface area (Å²) >= 11 is 0. The average Bonchev–Trinajstić information content (AvgIpc) is 3.27. The lowest BCUT2D eigenvalue weighted by Crippen LogP contribution is -2.35. The van der Waals surface area contributed by atoms with Crippen LogP contribution in [0.4, 0.5) is 0 Å². The first kappa shape index (κ1) is 15.8. The number of nitrogens with one attached hydrogen (secondary N) is 1. The molecule has 0 saturated heterocycles. The zero-order valence-corrected chi connectivity index (χ0v) is 14.1. The summed E-state index contributed by atoms with van der Waals surface area (Å²) in [7, 11) is 0. The van der Waals surface area contributed by atoms with Gasteiger partial charge in [-0.2, -0.15) is 0 Å². The number of hydrogen-bond acceptors (Lipinski definition) is 6. The lowest BCUT2D eigenvalue weighted by Gasteiger charge is -2.26. The fraction of sp³-hybridized carbons (Fsp3) is 0.389. The molecule has 0 saturated carbocycles. The van der Waals surface area contributed by atoms with Gasteiger partial charge >= 0.3 is 0 Å². The summed E-state index contributed by atoms with van der Waals surface area (Å²) in [5.74, 6) is 2.06. The summed E-state index contributed by atoms with van der Waals surface area (Å²) < 4.78 is 10.7. The minimum atomic E-state index is -0.0189. The molecule has 7 heteroatoms. The van der Waals surface area contributed by atoms with Gasteiger partial charge in [-0.1, -0.05) is 12.1 Å². The second kappa shape index (κ2) is 6.68. The zero-order chi connectivity index (χ0) is 17.2. The SMILES string of the molecule is CCCc1nc2c(c(=O)[nH]1)CN(Cc1cc(-c3ccco3)on1)CC2. The Hall–Kier alpha value is -2.67. The summed E-state index contributed by atoms with van der Waals surface area (Å²) in [5.41, 5.74) is 2.50. The van der Waals surface area contributed by atoms with Crippen molar-refractivity contribution in [3.8, 4) is 11.5 Å². The number of aromatic nitrogens is 3. The lowest BCUT2D eigenvalue weighted by atomic mass is 10.1. The Morgan fingerprint density at radius 1 is 1.36 bits per heavy atom. The summed E-state index contributed by atoms with van der Waals surface area (Å²) in [4.78, 5) is 22.0. The Labute approximate surface area is 144 Å². The fourth-order valence-corrected chi connectivity index (χ4v) is 3.17. The summed E-state index contributed by atoms with van der Waals surface area (Å²) in [6.07, 6.45) is 4.16. The molecule has 0 aliphatic carbocycles. The van der Waals surface area contributed by atoms with E-state index in [-0.39, 0.29) is 5.56 Å². The van der Waals surface area contributed by atoms with E-state index in [0.717, 1.165) is 48.6 Å². The first-order valence-corrected chi connectivity index (χ1v) is 8.55. The van der Waals surface area contributed by atoms with Crippen molar-refractivity contribution in [2.45, 2.75) is 39.3 Å². The van der Waals surface area contributed by atoms with Crippen LogP contribution in [0.25, 0.3) is 11.5 Å². The van der Waals surface area contributed by atoms with Gasteiger partial charge in [0.25, 0.3) is 5.56 Å². The lowest BCUT2D eigenvalue weighted by molar-refractivity contribution is 0.234. The molecule has 0 amide bonds. The van der Waals surface area contributed by atoms with Gasteiger partial charge in [0.15, 0.2) is 5.76 Å². The maximum absolute atomic E-state index is 12.3. The van der Waals surface area contributed by atoms with Crippen LogP contribution in [0.15, 0.2) is 38.2 Å². The van der Waals surface area contributed by atoms with Gasteiger partial charge in [-0.05, 0) is 18.6 Å². The quantitative estimate of drug-likeness (QED) is 0.768. The van der Waals surface area contributed by atoms with Crippen LogP contribution in [0, 0.1) is 0 Å². The Morgan fingerprint density at radius 2 is 2.28 bits per heavy atom. The number of hydrogen-bond donors (Lipinski definition) is 1. The molecule has 1 aliphatic rings. The van der Waals surface area contributed by atoms with E-state index in [0.29, 0.717) is 24.6 Å². The second-order valence-corrected chi connectivity index (χ2v) is 6.31. The van der Waals surface area contributed by atoms with E-state index in [1.165, 1.54) is 0 Å². The Balaban J connectivity index is 1.49. The van der Waals surface area contributed by atoms with Crippen molar-refractivity contribution >= 4 is 0 Å². The standard InChI is InChI=1S/C18H20N4O3/c1-2-4-17-19-14-6-7-22(11-13(14)18(23)20-17)10-12-9-16(25-21-12)15-5-3-8-24-15/h3,5,8-9H,2,4,6-7,10-11H2,1H3,(H,19,20,23). The highest BCUT2D eigenvalue weighted by atomic mass is 16.5. The molecule has 4 heterocycles. The van der Waals surface area contributed by atoms with Gasteiger partial charge in [-0.15, -0.1) is 0 Å². The van der Waals surface area contributed by atoms with Gasteiger partial charge < -0.3 is 13.9 Å². The van der Waals surface area contributed by atoms with Crippen molar-refractivity contribution in [2.75, 3.05) is 6.54 Å². The third kappa shape index (κ3) is 3.28. The van der Waals surface area contributed by atoms with Crippen LogP contribution >= 0.6 is 0 Å².